The van der Waals surface area contributed by atoms with Gasteiger partial charge in [-0.3, -0.25) is 9.78 Å². The van der Waals surface area contributed by atoms with Gasteiger partial charge in [-0.25, -0.2) is 0 Å². The molecule has 0 saturated carbocycles. The summed E-state index contributed by atoms with van der Waals surface area (Å²) in [6.07, 6.45) is 1.90. The number of carbonyl (C=O) groups is 1. The van der Waals surface area contributed by atoms with Crippen molar-refractivity contribution in [3.63, 3.8) is 0 Å². The second-order valence-electron chi connectivity index (χ2n) is 3.80. The molecular formula is C12H9NO2S. The average molecular weight is 231 g/mol. The third kappa shape index (κ3) is 1.27. The summed E-state index contributed by atoms with van der Waals surface area (Å²) in [4.78, 5) is 16.4. The van der Waals surface area contributed by atoms with Gasteiger partial charge in [0.05, 0.1) is 17.0 Å². The van der Waals surface area contributed by atoms with Crippen molar-refractivity contribution in [3.05, 3.63) is 40.9 Å². The zero-order valence-electron chi connectivity index (χ0n) is 8.38. The number of hydrogen-bond acceptors (Lipinski definition) is 3. The molecule has 2 aromatic heterocycles. The molecule has 1 atom stereocenters. The van der Waals surface area contributed by atoms with E-state index < -0.39 is 5.97 Å². The summed E-state index contributed by atoms with van der Waals surface area (Å²) in [6.45, 7) is 0. The van der Waals surface area contributed by atoms with Crippen LogP contribution in [0, 0.1) is 0 Å². The Balaban J connectivity index is 2.17. The number of aromatic nitrogens is 1. The molecule has 2 heterocycles. The molecule has 16 heavy (non-hydrogen) atoms. The number of nitrogens with zero attached hydrogens (tertiary/aromatic N) is 1. The van der Waals surface area contributed by atoms with Crippen molar-refractivity contribution in [2.75, 3.05) is 0 Å². The summed E-state index contributed by atoms with van der Waals surface area (Å²) in [5.74, 6) is -0.790. The summed E-state index contributed by atoms with van der Waals surface area (Å²) in [7, 11) is 0. The van der Waals surface area contributed by atoms with Gasteiger partial charge in [-0.2, -0.15) is 0 Å². The lowest BCUT2D eigenvalue weighted by Crippen LogP contribution is -2.04. The second kappa shape index (κ2) is 3.42. The largest absolute Gasteiger partial charge is 0.481 e. The summed E-state index contributed by atoms with van der Waals surface area (Å²) >= 11 is 1.63. The minimum atomic E-state index is -0.765. The fourth-order valence-electron chi connectivity index (χ4n) is 2.24. The predicted molar refractivity (Wildman–Crippen MR) is 61.6 cm³/mol. The molecular weight excluding hydrogens is 222 g/mol. The van der Waals surface area contributed by atoms with Crippen LogP contribution in [0.5, 0.6) is 0 Å². The van der Waals surface area contributed by atoms with Gasteiger partial charge in [0.25, 0.3) is 0 Å². The van der Waals surface area contributed by atoms with Gasteiger partial charge in [-0.1, -0.05) is 6.07 Å². The first-order valence-electron chi connectivity index (χ1n) is 5.02. The average Bonchev–Trinajstić information content (AvgIpc) is 2.82. The summed E-state index contributed by atoms with van der Waals surface area (Å²) in [6, 6.07) is 5.85. The molecule has 0 radical (unpaired) electrons. The molecule has 1 aliphatic carbocycles. The smallest absolute Gasteiger partial charge is 0.304 e. The normalized spacial score (nSPS) is 16.9. The molecule has 0 aliphatic heterocycles. The molecule has 4 heteroatoms. The lowest BCUT2D eigenvalue weighted by molar-refractivity contribution is -0.137. The Bertz CT molecular complexity index is 562. The van der Waals surface area contributed by atoms with E-state index in [1.165, 1.54) is 0 Å². The van der Waals surface area contributed by atoms with Crippen molar-refractivity contribution in [2.24, 2.45) is 0 Å². The molecule has 0 aromatic carbocycles. The summed E-state index contributed by atoms with van der Waals surface area (Å²) in [5.41, 5.74) is 3.12. The quantitative estimate of drug-likeness (QED) is 0.864. The minimum Gasteiger partial charge on any atom is -0.481 e. The third-order valence-corrected chi connectivity index (χ3v) is 3.82. The summed E-state index contributed by atoms with van der Waals surface area (Å²) in [5, 5.41) is 10.9. The number of pyridine rings is 1. The van der Waals surface area contributed by atoms with E-state index >= 15 is 0 Å². The maximum Gasteiger partial charge on any atom is 0.304 e. The molecule has 2 aromatic rings. The van der Waals surface area contributed by atoms with Crippen LogP contribution in [-0.4, -0.2) is 16.1 Å². The van der Waals surface area contributed by atoms with Gasteiger partial charge < -0.3 is 5.11 Å². The van der Waals surface area contributed by atoms with Crippen LogP contribution in [-0.2, 0) is 4.79 Å². The molecule has 1 aliphatic rings. The first kappa shape index (κ1) is 9.54. The number of fused-ring (bicyclic) bond motifs is 3. The van der Waals surface area contributed by atoms with E-state index in [4.69, 9.17) is 5.11 Å². The molecule has 3 nitrogen and oxygen atoms in total. The van der Waals surface area contributed by atoms with E-state index in [0.29, 0.717) is 0 Å². The Hall–Kier alpha value is -1.68. The van der Waals surface area contributed by atoms with Crippen LogP contribution in [0.4, 0.5) is 0 Å². The van der Waals surface area contributed by atoms with Crippen molar-refractivity contribution in [2.45, 2.75) is 12.3 Å². The van der Waals surface area contributed by atoms with Crippen molar-refractivity contribution in [1.29, 1.82) is 0 Å². The van der Waals surface area contributed by atoms with Crippen LogP contribution in [0.3, 0.4) is 0 Å². The molecule has 1 N–H and O–H groups in total. The minimum absolute atomic E-state index is 0.0255. The zero-order chi connectivity index (χ0) is 11.1. The fourth-order valence-corrected chi connectivity index (χ4v) is 3.22. The maximum atomic E-state index is 10.9. The van der Waals surface area contributed by atoms with E-state index in [9.17, 15) is 4.79 Å². The van der Waals surface area contributed by atoms with E-state index in [2.05, 4.69) is 4.98 Å². The van der Waals surface area contributed by atoms with Crippen molar-refractivity contribution in [3.8, 4) is 10.6 Å². The number of carboxylic acid groups (broad SMARTS) is 1. The topological polar surface area (TPSA) is 50.2 Å². The van der Waals surface area contributed by atoms with Crippen molar-refractivity contribution < 1.29 is 9.90 Å². The Morgan fingerprint density at radius 2 is 2.31 bits per heavy atom. The lowest BCUT2D eigenvalue weighted by atomic mass is 9.95. The van der Waals surface area contributed by atoms with E-state index in [1.54, 1.807) is 17.5 Å². The van der Waals surface area contributed by atoms with Crippen LogP contribution in [0.2, 0.25) is 0 Å². The zero-order valence-corrected chi connectivity index (χ0v) is 9.20. The van der Waals surface area contributed by atoms with Gasteiger partial charge in [0, 0.05) is 12.1 Å². The van der Waals surface area contributed by atoms with Crippen LogP contribution in [0.1, 0.15) is 23.5 Å². The Kier molecular flexibility index (Phi) is 2.04. The highest BCUT2D eigenvalue weighted by atomic mass is 32.1. The molecule has 3 rings (SSSR count). The van der Waals surface area contributed by atoms with Crippen molar-refractivity contribution >= 4 is 17.3 Å². The highest BCUT2D eigenvalue weighted by Gasteiger charge is 2.31. The molecule has 0 fully saturated rings. The van der Waals surface area contributed by atoms with Crippen LogP contribution in [0.25, 0.3) is 10.6 Å². The predicted octanol–water partition coefficient (Wildman–Crippen LogP) is 2.73. The lowest BCUT2D eigenvalue weighted by Gasteiger charge is -2.08. The SMILES string of the molecule is O=C(O)CC1c2cccnc2-c2sccc21. The molecule has 0 bridgehead atoms. The van der Waals surface area contributed by atoms with E-state index in [-0.39, 0.29) is 12.3 Å². The standard InChI is InChI=1S/C12H9NO2S/c14-10(15)6-9-7-2-1-4-13-11(7)12-8(9)3-5-16-12/h1-5,9H,6H2,(H,14,15). The molecule has 0 saturated heterocycles. The van der Waals surface area contributed by atoms with Crippen molar-refractivity contribution in [1.82, 2.24) is 4.98 Å². The fraction of sp³-hybridized carbons (Fsp3) is 0.167. The number of aliphatic carboxylic acids is 1. The molecule has 0 spiro atoms. The van der Waals surface area contributed by atoms with E-state index in [1.807, 2.05) is 23.6 Å². The van der Waals surface area contributed by atoms with Crippen LogP contribution >= 0.6 is 11.3 Å². The molecule has 80 valence electrons. The van der Waals surface area contributed by atoms with E-state index in [0.717, 1.165) is 21.7 Å². The van der Waals surface area contributed by atoms with Gasteiger partial charge in [-0.05, 0) is 28.6 Å². The maximum absolute atomic E-state index is 10.9. The first-order valence-corrected chi connectivity index (χ1v) is 5.90. The Morgan fingerprint density at radius 3 is 3.12 bits per heavy atom. The van der Waals surface area contributed by atoms with Crippen LogP contribution < -0.4 is 0 Å². The number of thiophene rings is 1. The Labute approximate surface area is 96.4 Å². The number of hydrogen-bond donors (Lipinski definition) is 1. The van der Waals surface area contributed by atoms with Crippen LogP contribution in [0.15, 0.2) is 29.8 Å². The monoisotopic (exact) mass is 231 g/mol. The highest BCUT2D eigenvalue weighted by molar-refractivity contribution is 7.13. The van der Waals surface area contributed by atoms with Gasteiger partial charge in [0.1, 0.15) is 0 Å². The second-order valence-corrected chi connectivity index (χ2v) is 4.71. The van der Waals surface area contributed by atoms with Gasteiger partial charge in [-0.15, -0.1) is 11.3 Å². The summed E-state index contributed by atoms with van der Waals surface area (Å²) < 4.78 is 0. The first-order chi connectivity index (χ1) is 7.77. The highest BCUT2D eigenvalue weighted by Crippen LogP contribution is 2.47. The Morgan fingerprint density at radius 1 is 1.44 bits per heavy atom. The van der Waals surface area contributed by atoms with Gasteiger partial charge >= 0.3 is 5.97 Å². The number of rotatable bonds is 2. The van der Waals surface area contributed by atoms with Gasteiger partial charge in [0.15, 0.2) is 0 Å². The van der Waals surface area contributed by atoms with Gasteiger partial charge in [0.2, 0.25) is 0 Å². The third-order valence-electron chi connectivity index (χ3n) is 2.88. The molecule has 0 amide bonds. The molecule has 1 unspecified atom stereocenters. The number of carboxylic acids is 1.